The quantitative estimate of drug-likeness (QED) is 0.164. The van der Waals surface area contributed by atoms with Gasteiger partial charge in [-0.15, -0.1) is 0 Å². The summed E-state index contributed by atoms with van der Waals surface area (Å²) in [5.41, 5.74) is 18.8. The molecule has 58 heavy (non-hydrogen) atoms. The molecule has 0 saturated carbocycles. The van der Waals surface area contributed by atoms with E-state index in [9.17, 15) is 0 Å². The van der Waals surface area contributed by atoms with E-state index in [0.29, 0.717) is 0 Å². The Morgan fingerprint density at radius 1 is 0.517 bits per heavy atom. The minimum atomic E-state index is -0.278. The molecule has 2 aromatic heterocycles. The van der Waals surface area contributed by atoms with E-state index >= 15 is 0 Å². The molecule has 5 nitrogen and oxygen atoms in total. The summed E-state index contributed by atoms with van der Waals surface area (Å²) in [6.45, 7) is 4.82. The highest BCUT2D eigenvalue weighted by Crippen LogP contribution is 2.47. The van der Waals surface area contributed by atoms with Gasteiger partial charge in [0.1, 0.15) is 0 Å². The summed E-state index contributed by atoms with van der Waals surface area (Å²) in [5.74, 6) is 0.903. The van der Waals surface area contributed by atoms with E-state index in [-0.39, 0.29) is 12.1 Å². The number of anilines is 6. The Kier molecular flexibility index (Phi) is 7.00. The van der Waals surface area contributed by atoms with E-state index in [0.717, 1.165) is 56.3 Å². The van der Waals surface area contributed by atoms with Crippen LogP contribution in [-0.2, 0) is 5.41 Å². The summed E-state index contributed by atoms with van der Waals surface area (Å²) in [5, 5.41) is 0. The van der Waals surface area contributed by atoms with Crippen LogP contribution in [0.4, 0.5) is 34.1 Å². The highest BCUT2D eigenvalue weighted by molar-refractivity contribution is 6.99. The Labute approximate surface area is 337 Å². The third-order valence-electron chi connectivity index (χ3n) is 12.5. The summed E-state index contributed by atoms with van der Waals surface area (Å²) < 4.78 is 4.73. The molecule has 0 N–H and O–H groups in total. The van der Waals surface area contributed by atoms with Gasteiger partial charge < -0.3 is 9.80 Å². The molecule has 0 fully saturated rings. The van der Waals surface area contributed by atoms with Crippen LogP contribution in [0, 0.1) is 0 Å². The molecule has 0 amide bonds. The van der Waals surface area contributed by atoms with Crippen LogP contribution in [0.5, 0.6) is 0 Å². The van der Waals surface area contributed by atoms with Gasteiger partial charge in [-0.25, -0.2) is 4.98 Å². The largest absolute Gasteiger partial charge is 0.310 e. The monoisotopic (exact) mass is 743 g/mol. The van der Waals surface area contributed by atoms with Crippen molar-refractivity contribution in [2.75, 3.05) is 9.80 Å². The van der Waals surface area contributed by atoms with Crippen molar-refractivity contribution < 1.29 is 0 Å². The highest BCUT2D eigenvalue weighted by atomic mass is 15.2. The number of rotatable bonds is 5. The van der Waals surface area contributed by atoms with Gasteiger partial charge in [-0.05, 0) is 107 Å². The predicted octanol–water partition coefficient (Wildman–Crippen LogP) is 10.8. The van der Waals surface area contributed by atoms with Crippen molar-refractivity contribution in [2.24, 2.45) is 0 Å². The number of fused-ring (bicyclic) bond motifs is 10. The van der Waals surface area contributed by atoms with Crippen LogP contribution in [0.25, 0.3) is 33.5 Å². The Balaban J connectivity index is 1.18. The van der Waals surface area contributed by atoms with E-state index in [4.69, 9.17) is 4.98 Å². The van der Waals surface area contributed by atoms with Crippen molar-refractivity contribution in [3.8, 4) is 5.69 Å². The average molecular weight is 744 g/mol. The molecule has 6 heteroatoms. The second kappa shape index (κ2) is 12.3. The topological polar surface area (TPSA) is 28.7 Å². The molecule has 0 spiro atoms. The first-order valence-electron chi connectivity index (χ1n) is 20.1. The number of benzene rings is 8. The molecule has 0 saturated heterocycles. The zero-order valence-corrected chi connectivity index (χ0v) is 32.3. The predicted molar refractivity (Wildman–Crippen MR) is 242 cm³/mol. The summed E-state index contributed by atoms with van der Waals surface area (Å²) in [7, 11) is 0. The minimum absolute atomic E-state index is 0.00715. The van der Waals surface area contributed by atoms with Gasteiger partial charge in [-0.2, -0.15) is 0 Å². The zero-order chi connectivity index (χ0) is 38.5. The van der Waals surface area contributed by atoms with Gasteiger partial charge in [0.2, 0.25) is 12.5 Å². The number of aromatic nitrogens is 3. The van der Waals surface area contributed by atoms with Gasteiger partial charge in [0.15, 0.2) is 0 Å². The number of hydrogen-bond acceptors (Lipinski definition) is 3. The SMILES string of the molecule is CC1(C)c2cc(N(c3ccccc3)c3ccccc3)ccc2B2c3ccc4c(c3N(c3ccccc3)c3cccc1c32)n(-c1ccccc1)c1nc2ccccc2n41. The van der Waals surface area contributed by atoms with Gasteiger partial charge in [0, 0.05) is 39.5 Å². The molecule has 2 aliphatic heterocycles. The molecule has 12 rings (SSSR count). The third kappa shape index (κ3) is 4.57. The summed E-state index contributed by atoms with van der Waals surface area (Å²) >= 11 is 0. The summed E-state index contributed by atoms with van der Waals surface area (Å²) in [4.78, 5) is 10.2. The molecule has 8 aromatic carbocycles. The number of hydrogen-bond donors (Lipinski definition) is 0. The first-order valence-corrected chi connectivity index (χ1v) is 20.1. The van der Waals surface area contributed by atoms with Crippen LogP contribution in [-0.4, -0.2) is 20.7 Å². The molecule has 2 aliphatic rings. The zero-order valence-electron chi connectivity index (χ0n) is 32.3. The first kappa shape index (κ1) is 32.9. The molecule has 0 bridgehead atoms. The maximum atomic E-state index is 5.32. The minimum Gasteiger partial charge on any atom is -0.310 e. The van der Waals surface area contributed by atoms with Crippen molar-refractivity contribution in [1.82, 2.24) is 14.0 Å². The molecule has 0 unspecified atom stereocenters. The molecular formula is C52H38BN5. The molecule has 274 valence electrons. The molecule has 0 aliphatic carbocycles. The Bertz CT molecular complexity index is 3170. The second-order valence-electron chi connectivity index (χ2n) is 16.0. The fraction of sp³-hybridized carbons (Fsp3) is 0.0577. The lowest BCUT2D eigenvalue weighted by Crippen LogP contribution is -2.64. The van der Waals surface area contributed by atoms with Crippen LogP contribution < -0.4 is 26.2 Å². The molecule has 4 heterocycles. The Morgan fingerprint density at radius 2 is 1.14 bits per heavy atom. The normalized spacial score (nSPS) is 13.8. The first-order chi connectivity index (χ1) is 28.6. The van der Waals surface area contributed by atoms with Gasteiger partial charge in [0.25, 0.3) is 0 Å². The summed E-state index contributed by atoms with van der Waals surface area (Å²) in [6, 6.07) is 70.5. The van der Waals surface area contributed by atoms with Crippen LogP contribution in [0.3, 0.4) is 0 Å². The second-order valence-corrected chi connectivity index (χ2v) is 16.0. The van der Waals surface area contributed by atoms with Crippen molar-refractivity contribution in [1.29, 1.82) is 0 Å². The fourth-order valence-corrected chi connectivity index (χ4v) is 10.0. The maximum absolute atomic E-state index is 5.32. The van der Waals surface area contributed by atoms with Gasteiger partial charge in [0.05, 0.1) is 27.8 Å². The maximum Gasteiger partial charge on any atom is 0.247 e. The van der Waals surface area contributed by atoms with Crippen molar-refractivity contribution in [2.45, 2.75) is 19.3 Å². The number of imidazole rings is 2. The lowest BCUT2D eigenvalue weighted by atomic mass is 9.30. The summed E-state index contributed by atoms with van der Waals surface area (Å²) in [6.07, 6.45) is 0. The van der Waals surface area contributed by atoms with E-state index in [1.165, 1.54) is 38.9 Å². The van der Waals surface area contributed by atoms with Crippen LogP contribution in [0.15, 0.2) is 194 Å². The number of para-hydroxylation sites is 6. The average Bonchev–Trinajstić information content (AvgIpc) is 3.81. The van der Waals surface area contributed by atoms with E-state index in [1.807, 2.05) is 0 Å². The third-order valence-corrected chi connectivity index (χ3v) is 12.5. The number of nitrogens with zero attached hydrogens (tertiary/aromatic N) is 5. The molecule has 0 radical (unpaired) electrons. The van der Waals surface area contributed by atoms with Crippen LogP contribution in [0.2, 0.25) is 0 Å². The molecule has 10 aromatic rings. The Morgan fingerprint density at radius 3 is 1.84 bits per heavy atom. The van der Waals surface area contributed by atoms with Gasteiger partial charge in [-0.1, -0.05) is 129 Å². The Hall–Kier alpha value is -7.31. The van der Waals surface area contributed by atoms with Gasteiger partial charge in [-0.3, -0.25) is 8.97 Å². The van der Waals surface area contributed by atoms with Crippen LogP contribution in [0.1, 0.15) is 25.0 Å². The van der Waals surface area contributed by atoms with Crippen molar-refractivity contribution >= 4 is 85.1 Å². The standard InChI is InChI=1S/C52H38BN5/c1-52(2)40-26-17-29-46-48(40)53(42-31-30-39(34-41(42)52)55(35-18-7-3-8-19-35)36-20-9-4-10-21-36)43-32-33-47-50(49(43)56(46)37-22-11-5-12-23-37)57(38-24-13-6-14-25-38)51-54-44-27-15-16-28-45(44)58(47)51/h3-34H,1-2H3. The van der Waals surface area contributed by atoms with Crippen molar-refractivity contribution in [3.05, 3.63) is 205 Å². The van der Waals surface area contributed by atoms with E-state index in [2.05, 4.69) is 227 Å². The highest BCUT2D eigenvalue weighted by Gasteiger charge is 2.47. The lowest BCUT2D eigenvalue weighted by molar-refractivity contribution is 0.646. The van der Waals surface area contributed by atoms with E-state index in [1.54, 1.807) is 0 Å². The fourth-order valence-electron chi connectivity index (χ4n) is 10.0. The molecule has 0 atom stereocenters. The smallest absolute Gasteiger partial charge is 0.247 e. The van der Waals surface area contributed by atoms with Gasteiger partial charge >= 0.3 is 0 Å². The van der Waals surface area contributed by atoms with E-state index < -0.39 is 0 Å². The lowest BCUT2D eigenvalue weighted by Gasteiger charge is -2.45. The van der Waals surface area contributed by atoms with Crippen LogP contribution >= 0.6 is 0 Å². The van der Waals surface area contributed by atoms with Crippen molar-refractivity contribution in [3.63, 3.8) is 0 Å². The molecular weight excluding hydrogens is 705 g/mol.